The fourth-order valence-electron chi connectivity index (χ4n) is 1.74. The topological polar surface area (TPSA) is 20.2 Å². The van der Waals surface area contributed by atoms with E-state index in [9.17, 15) is 18.3 Å². The van der Waals surface area contributed by atoms with Gasteiger partial charge in [-0.2, -0.15) is 13.2 Å². The number of alkyl halides is 3. The van der Waals surface area contributed by atoms with E-state index in [0.717, 1.165) is 12.1 Å². The molecule has 0 aliphatic heterocycles. The van der Waals surface area contributed by atoms with E-state index in [-0.39, 0.29) is 11.1 Å². The van der Waals surface area contributed by atoms with Crippen LogP contribution in [-0.2, 0) is 6.18 Å². The highest BCUT2D eigenvalue weighted by Gasteiger charge is 2.37. The smallest absolute Gasteiger partial charge is 0.418 e. The van der Waals surface area contributed by atoms with Crippen molar-refractivity contribution >= 4 is 11.6 Å². The van der Waals surface area contributed by atoms with Crippen LogP contribution < -0.4 is 0 Å². The van der Waals surface area contributed by atoms with Gasteiger partial charge in [-0.1, -0.05) is 41.9 Å². The molecule has 0 unspecified atom stereocenters. The molecular weight excluding hydrogens is 265 g/mol. The van der Waals surface area contributed by atoms with Gasteiger partial charge in [-0.25, -0.2) is 0 Å². The first-order chi connectivity index (χ1) is 8.41. The van der Waals surface area contributed by atoms with Crippen molar-refractivity contribution in [3.8, 4) is 16.9 Å². The Morgan fingerprint density at radius 3 is 2.11 bits per heavy atom. The van der Waals surface area contributed by atoms with E-state index in [0.29, 0.717) is 0 Å². The molecule has 0 aliphatic carbocycles. The maximum atomic E-state index is 13.0. The maximum Gasteiger partial charge on any atom is 0.418 e. The summed E-state index contributed by atoms with van der Waals surface area (Å²) in [6.07, 6.45) is -4.62. The van der Waals surface area contributed by atoms with Gasteiger partial charge in [0.05, 0.1) is 10.6 Å². The average Bonchev–Trinajstić information content (AvgIpc) is 2.31. The summed E-state index contributed by atoms with van der Waals surface area (Å²) in [6, 6.07) is 10.0. The van der Waals surface area contributed by atoms with Crippen molar-refractivity contribution in [1.82, 2.24) is 0 Å². The van der Waals surface area contributed by atoms with E-state index >= 15 is 0 Å². The Balaban J connectivity index is 2.78. The van der Waals surface area contributed by atoms with E-state index < -0.39 is 22.5 Å². The molecule has 2 aromatic carbocycles. The minimum absolute atomic E-state index is 0.268. The zero-order valence-electron chi connectivity index (χ0n) is 9.00. The molecule has 1 N–H and O–H groups in total. The van der Waals surface area contributed by atoms with Gasteiger partial charge in [-0.15, -0.1) is 0 Å². The third-order valence-electron chi connectivity index (χ3n) is 2.48. The van der Waals surface area contributed by atoms with Gasteiger partial charge in [-0.3, -0.25) is 0 Å². The second-order valence-electron chi connectivity index (χ2n) is 3.68. The van der Waals surface area contributed by atoms with E-state index in [2.05, 4.69) is 0 Å². The molecule has 0 amide bonds. The lowest BCUT2D eigenvalue weighted by Gasteiger charge is -2.16. The minimum atomic E-state index is -4.62. The largest absolute Gasteiger partial charge is 0.507 e. The lowest BCUT2D eigenvalue weighted by molar-refractivity contribution is -0.137. The molecule has 0 fully saturated rings. The third-order valence-corrected chi connectivity index (χ3v) is 2.79. The van der Waals surface area contributed by atoms with Crippen LogP contribution in [0.25, 0.3) is 11.1 Å². The molecule has 5 heteroatoms. The number of hydrogen-bond acceptors (Lipinski definition) is 1. The van der Waals surface area contributed by atoms with Crippen LogP contribution in [0.2, 0.25) is 5.02 Å². The summed E-state index contributed by atoms with van der Waals surface area (Å²) in [5.41, 5.74) is -1.05. The summed E-state index contributed by atoms with van der Waals surface area (Å²) in [4.78, 5) is 0. The molecule has 0 radical (unpaired) electrons. The second-order valence-corrected chi connectivity index (χ2v) is 4.09. The van der Waals surface area contributed by atoms with Crippen LogP contribution in [0.5, 0.6) is 5.75 Å². The second kappa shape index (κ2) is 4.53. The van der Waals surface area contributed by atoms with Crippen molar-refractivity contribution in [2.45, 2.75) is 6.18 Å². The molecule has 0 spiro atoms. The fraction of sp³-hybridized carbons (Fsp3) is 0.0769. The highest BCUT2D eigenvalue weighted by molar-refractivity contribution is 6.32. The Morgan fingerprint density at radius 2 is 1.56 bits per heavy atom. The number of hydrogen-bond donors (Lipinski definition) is 1. The average molecular weight is 273 g/mol. The van der Waals surface area contributed by atoms with Crippen molar-refractivity contribution in [3.05, 3.63) is 53.1 Å². The highest BCUT2D eigenvalue weighted by atomic mass is 35.5. The molecule has 2 aromatic rings. The molecule has 0 saturated heterocycles. The van der Waals surface area contributed by atoms with Gasteiger partial charge < -0.3 is 5.11 Å². The predicted octanol–water partition coefficient (Wildman–Crippen LogP) is 4.73. The number of phenolic OH excluding ortho intramolecular Hbond substituents is 1. The van der Waals surface area contributed by atoms with E-state index in [1.807, 2.05) is 0 Å². The summed E-state index contributed by atoms with van der Waals surface area (Å²) in [5, 5.41) is 9.24. The van der Waals surface area contributed by atoms with Gasteiger partial charge in [0.1, 0.15) is 5.75 Å². The van der Waals surface area contributed by atoms with Gasteiger partial charge in [0.2, 0.25) is 0 Å². The van der Waals surface area contributed by atoms with E-state index in [1.54, 1.807) is 18.2 Å². The lowest BCUT2D eigenvalue weighted by Crippen LogP contribution is -2.08. The molecule has 94 valence electrons. The SMILES string of the molecule is Oc1ccc(Cl)c(C(F)(F)F)c1-c1ccccc1. The number of phenols is 1. The van der Waals surface area contributed by atoms with Crippen LogP contribution in [0.3, 0.4) is 0 Å². The molecule has 2 rings (SSSR count). The molecule has 0 atom stereocenters. The highest BCUT2D eigenvalue weighted by Crippen LogP contribution is 2.45. The van der Waals surface area contributed by atoms with Crippen LogP contribution in [0.1, 0.15) is 5.56 Å². The normalized spacial score (nSPS) is 11.6. The van der Waals surface area contributed by atoms with Gasteiger partial charge in [-0.05, 0) is 17.7 Å². The van der Waals surface area contributed by atoms with Crippen LogP contribution in [0.15, 0.2) is 42.5 Å². The van der Waals surface area contributed by atoms with Gasteiger partial charge in [0.25, 0.3) is 0 Å². The first kappa shape index (κ1) is 12.8. The lowest BCUT2D eigenvalue weighted by atomic mass is 9.98. The zero-order valence-corrected chi connectivity index (χ0v) is 9.76. The van der Waals surface area contributed by atoms with Crippen LogP contribution in [-0.4, -0.2) is 5.11 Å². The quantitative estimate of drug-likeness (QED) is 0.795. The molecule has 1 nitrogen and oxygen atoms in total. The van der Waals surface area contributed by atoms with Crippen LogP contribution in [0.4, 0.5) is 13.2 Å². The number of aromatic hydroxyl groups is 1. The molecule has 0 aromatic heterocycles. The molecule has 0 aliphatic rings. The van der Waals surface area contributed by atoms with Crippen molar-refractivity contribution in [2.75, 3.05) is 0 Å². The fourth-order valence-corrected chi connectivity index (χ4v) is 2.01. The monoisotopic (exact) mass is 272 g/mol. The van der Waals surface area contributed by atoms with E-state index in [1.165, 1.54) is 12.1 Å². The number of rotatable bonds is 1. The molecule has 0 bridgehead atoms. The van der Waals surface area contributed by atoms with Crippen molar-refractivity contribution in [1.29, 1.82) is 0 Å². The molecule has 18 heavy (non-hydrogen) atoms. The van der Waals surface area contributed by atoms with Crippen molar-refractivity contribution in [3.63, 3.8) is 0 Å². The Labute approximate surface area is 106 Å². The molecule has 0 saturated carbocycles. The molecule has 0 heterocycles. The standard InChI is InChI=1S/C13H8ClF3O/c14-9-6-7-10(18)11(12(9)13(15,16)17)8-4-2-1-3-5-8/h1-7,18H. The molecular formula is C13H8ClF3O. The van der Waals surface area contributed by atoms with Gasteiger partial charge in [0, 0.05) is 5.56 Å². The third kappa shape index (κ3) is 2.29. The summed E-state index contributed by atoms with van der Waals surface area (Å²) in [7, 11) is 0. The predicted molar refractivity (Wildman–Crippen MR) is 63.6 cm³/mol. The summed E-state index contributed by atoms with van der Waals surface area (Å²) < 4.78 is 38.9. The number of halogens is 4. The Kier molecular flexibility index (Phi) is 3.22. The van der Waals surface area contributed by atoms with Gasteiger partial charge >= 0.3 is 6.18 Å². The summed E-state index contributed by atoms with van der Waals surface area (Å²) >= 11 is 5.60. The first-order valence-electron chi connectivity index (χ1n) is 5.05. The maximum absolute atomic E-state index is 13.0. The summed E-state index contributed by atoms with van der Waals surface area (Å²) in [5.74, 6) is -0.446. The van der Waals surface area contributed by atoms with Crippen molar-refractivity contribution < 1.29 is 18.3 Å². The van der Waals surface area contributed by atoms with Gasteiger partial charge in [0.15, 0.2) is 0 Å². The Bertz CT molecular complexity index is 564. The van der Waals surface area contributed by atoms with Crippen LogP contribution >= 0.6 is 11.6 Å². The minimum Gasteiger partial charge on any atom is -0.507 e. The first-order valence-corrected chi connectivity index (χ1v) is 5.43. The van der Waals surface area contributed by atoms with Crippen molar-refractivity contribution in [2.24, 2.45) is 0 Å². The number of benzene rings is 2. The van der Waals surface area contributed by atoms with E-state index in [4.69, 9.17) is 11.6 Å². The van der Waals surface area contributed by atoms with Crippen LogP contribution in [0, 0.1) is 0 Å². The Hall–Kier alpha value is -1.68. The summed E-state index contributed by atoms with van der Waals surface area (Å²) in [6.45, 7) is 0. The zero-order chi connectivity index (χ0) is 13.3. The Morgan fingerprint density at radius 1 is 0.944 bits per heavy atom.